The van der Waals surface area contributed by atoms with Crippen molar-refractivity contribution in [1.82, 2.24) is 9.62 Å². The summed E-state index contributed by atoms with van der Waals surface area (Å²) in [5.74, 6) is 0.602. The molecule has 0 unspecified atom stereocenters. The first-order valence-electron chi connectivity index (χ1n) is 9.81. The Morgan fingerprint density at radius 2 is 1.80 bits per heavy atom. The van der Waals surface area contributed by atoms with Crippen molar-refractivity contribution in [3.8, 4) is 5.75 Å². The van der Waals surface area contributed by atoms with Crippen molar-refractivity contribution >= 4 is 21.6 Å². The van der Waals surface area contributed by atoms with Crippen molar-refractivity contribution in [2.24, 2.45) is 0 Å². The average molecular weight is 444 g/mol. The number of aliphatic hydroxyl groups is 2. The molecule has 2 saturated heterocycles. The van der Waals surface area contributed by atoms with Crippen LogP contribution in [0.15, 0.2) is 24.3 Å². The number of ether oxygens (including phenoxy) is 2. The van der Waals surface area contributed by atoms with Crippen molar-refractivity contribution in [1.29, 1.82) is 0 Å². The van der Waals surface area contributed by atoms with Crippen molar-refractivity contribution in [2.45, 2.75) is 30.8 Å². The molecule has 1 amide bonds. The molecule has 4 atom stereocenters. The molecule has 0 saturated carbocycles. The maximum atomic E-state index is 12.7. The quantitative estimate of drug-likeness (QED) is 0.478. The molecule has 2 heterocycles. The van der Waals surface area contributed by atoms with Gasteiger partial charge in [-0.05, 0) is 12.1 Å². The summed E-state index contributed by atoms with van der Waals surface area (Å²) in [5, 5.41) is 20.3. The van der Waals surface area contributed by atoms with Crippen LogP contribution in [0.3, 0.4) is 0 Å². The van der Waals surface area contributed by atoms with Gasteiger partial charge in [0.15, 0.2) is 0 Å². The predicted octanol–water partition coefficient (Wildman–Crippen LogP) is -1.23. The van der Waals surface area contributed by atoms with E-state index in [1.54, 1.807) is 12.0 Å². The molecule has 0 aliphatic carbocycles. The maximum Gasteiger partial charge on any atom is 0.225 e. The second kappa shape index (κ2) is 9.48. The number of hydrogen-bond acceptors (Lipinski definition) is 8. The van der Waals surface area contributed by atoms with Crippen LogP contribution in [0.2, 0.25) is 0 Å². The first kappa shape index (κ1) is 22.8. The van der Waals surface area contributed by atoms with Gasteiger partial charge in [0.25, 0.3) is 0 Å². The van der Waals surface area contributed by atoms with Gasteiger partial charge in [0.05, 0.1) is 31.6 Å². The summed E-state index contributed by atoms with van der Waals surface area (Å²) >= 11 is 0. The number of rotatable bonds is 7. The normalized spacial score (nSPS) is 27.3. The summed E-state index contributed by atoms with van der Waals surface area (Å²) in [5.41, 5.74) is 0.978. The van der Waals surface area contributed by atoms with Crippen LogP contribution in [0.4, 0.5) is 5.69 Å². The van der Waals surface area contributed by atoms with Crippen molar-refractivity contribution in [3.63, 3.8) is 0 Å². The lowest BCUT2D eigenvalue weighted by Gasteiger charge is -2.37. The lowest BCUT2D eigenvalue weighted by Crippen LogP contribution is -2.50. The average Bonchev–Trinajstić information content (AvgIpc) is 2.99. The lowest BCUT2D eigenvalue weighted by atomic mass is 10.0. The molecule has 3 rings (SSSR count). The van der Waals surface area contributed by atoms with Crippen LogP contribution in [0, 0.1) is 0 Å². The molecule has 2 aliphatic heterocycles. The van der Waals surface area contributed by atoms with E-state index in [1.807, 2.05) is 24.3 Å². The third-order valence-corrected chi connectivity index (χ3v) is 6.13. The number of nitrogens with one attached hydrogen (secondary N) is 1. The zero-order chi connectivity index (χ0) is 21.9. The van der Waals surface area contributed by atoms with Gasteiger partial charge in [-0.25, -0.2) is 13.1 Å². The fraction of sp³-hybridized carbons (Fsp3) is 0.632. The van der Waals surface area contributed by atoms with E-state index < -0.39 is 34.4 Å². The maximum absolute atomic E-state index is 12.7. The number of nitrogens with zero attached hydrogens (tertiary/aromatic N) is 2. The van der Waals surface area contributed by atoms with Crippen LogP contribution >= 0.6 is 0 Å². The molecule has 3 N–H and O–H groups in total. The minimum atomic E-state index is -3.45. The standard InChI is InChI=1S/C19H29N3O7S/c1-28-14-6-4-3-5-13(14)21-7-9-22(10-8-21)17(23)11-15-18(24)19(25)16(29-15)12-20-30(2,26)27/h3-6,15-16,18-20,24-25H,7-12H2,1-2H3/t15-,16-,18+,19-/m1/s1. The molecule has 168 valence electrons. The first-order chi connectivity index (χ1) is 14.2. The highest BCUT2D eigenvalue weighted by atomic mass is 32.2. The molecule has 0 bridgehead atoms. The van der Waals surface area contributed by atoms with Crippen LogP contribution in [0.5, 0.6) is 5.75 Å². The number of aliphatic hydroxyl groups excluding tert-OH is 2. The highest BCUT2D eigenvalue weighted by Gasteiger charge is 2.44. The monoisotopic (exact) mass is 443 g/mol. The molecular formula is C19H29N3O7S. The number of anilines is 1. The van der Waals surface area contributed by atoms with Crippen LogP contribution in [-0.4, -0.2) is 99.9 Å². The lowest BCUT2D eigenvalue weighted by molar-refractivity contribution is -0.135. The SMILES string of the molecule is COc1ccccc1N1CCN(C(=O)C[C@H]2O[C@H](CNS(C)(=O)=O)[C@@H](O)[C@H]2O)CC1. The molecule has 1 aromatic rings. The second-order valence-electron chi connectivity index (χ2n) is 7.56. The van der Waals surface area contributed by atoms with Gasteiger partial charge < -0.3 is 29.5 Å². The zero-order valence-electron chi connectivity index (χ0n) is 17.1. The molecule has 0 aromatic heterocycles. The number of methoxy groups -OCH3 is 1. The third kappa shape index (κ3) is 5.41. The molecule has 0 radical (unpaired) electrons. The molecule has 10 nitrogen and oxygen atoms in total. The van der Waals surface area contributed by atoms with Crippen LogP contribution < -0.4 is 14.4 Å². The predicted molar refractivity (Wildman–Crippen MR) is 110 cm³/mol. The van der Waals surface area contributed by atoms with E-state index in [4.69, 9.17) is 9.47 Å². The van der Waals surface area contributed by atoms with Crippen LogP contribution in [-0.2, 0) is 19.6 Å². The van der Waals surface area contributed by atoms with Crippen molar-refractivity contribution in [3.05, 3.63) is 24.3 Å². The summed E-state index contributed by atoms with van der Waals surface area (Å²) in [6.07, 6.45) is -3.39. The van der Waals surface area contributed by atoms with Gasteiger partial charge >= 0.3 is 0 Å². The Morgan fingerprint density at radius 1 is 1.17 bits per heavy atom. The van der Waals surface area contributed by atoms with E-state index in [0.717, 1.165) is 17.7 Å². The molecule has 2 fully saturated rings. The summed E-state index contributed by atoms with van der Waals surface area (Å²) < 4.78 is 35.7. The van der Waals surface area contributed by atoms with Gasteiger partial charge in [-0.3, -0.25) is 4.79 Å². The highest BCUT2D eigenvalue weighted by molar-refractivity contribution is 7.88. The Kier molecular flexibility index (Phi) is 7.19. The fourth-order valence-electron chi connectivity index (χ4n) is 3.79. The number of hydrogen-bond donors (Lipinski definition) is 3. The topological polar surface area (TPSA) is 129 Å². The Labute approximate surface area is 176 Å². The minimum absolute atomic E-state index is 0.0811. The van der Waals surface area contributed by atoms with Gasteiger partial charge in [-0.2, -0.15) is 0 Å². The van der Waals surface area contributed by atoms with Gasteiger partial charge in [0, 0.05) is 32.7 Å². The summed E-state index contributed by atoms with van der Waals surface area (Å²) in [4.78, 5) is 16.6. The molecule has 2 aliphatic rings. The number of carbonyl (C=O) groups is 1. The van der Waals surface area contributed by atoms with Gasteiger partial charge in [0.2, 0.25) is 15.9 Å². The fourth-order valence-corrected chi connectivity index (χ4v) is 4.25. The number of para-hydroxylation sites is 2. The number of carbonyl (C=O) groups excluding carboxylic acids is 1. The van der Waals surface area contributed by atoms with Crippen LogP contribution in [0.25, 0.3) is 0 Å². The van der Waals surface area contributed by atoms with E-state index >= 15 is 0 Å². The summed E-state index contributed by atoms with van der Waals surface area (Å²) in [6, 6.07) is 7.72. The molecule has 0 spiro atoms. The Bertz CT molecular complexity index is 842. The van der Waals surface area contributed by atoms with Crippen molar-refractivity contribution < 1.29 is 32.9 Å². The van der Waals surface area contributed by atoms with Crippen molar-refractivity contribution in [2.75, 3.05) is 51.0 Å². The van der Waals surface area contributed by atoms with Crippen LogP contribution in [0.1, 0.15) is 6.42 Å². The summed E-state index contributed by atoms with van der Waals surface area (Å²) in [7, 11) is -1.83. The number of benzene rings is 1. The summed E-state index contributed by atoms with van der Waals surface area (Å²) in [6.45, 7) is 2.15. The third-order valence-electron chi connectivity index (χ3n) is 5.44. The number of amides is 1. The number of piperazine rings is 1. The van der Waals surface area contributed by atoms with Gasteiger partial charge in [-0.1, -0.05) is 12.1 Å². The van der Waals surface area contributed by atoms with E-state index in [9.17, 15) is 23.4 Å². The molecule has 11 heteroatoms. The number of sulfonamides is 1. The first-order valence-corrected chi connectivity index (χ1v) is 11.7. The second-order valence-corrected chi connectivity index (χ2v) is 9.39. The minimum Gasteiger partial charge on any atom is -0.495 e. The Morgan fingerprint density at radius 3 is 2.43 bits per heavy atom. The van der Waals surface area contributed by atoms with Gasteiger partial charge in [0.1, 0.15) is 24.1 Å². The van der Waals surface area contributed by atoms with E-state index in [1.165, 1.54) is 0 Å². The smallest absolute Gasteiger partial charge is 0.225 e. The largest absolute Gasteiger partial charge is 0.495 e. The van der Waals surface area contributed by atoms with E-state index in [0.29, 0.717) is 26.2 Å². The van der Waals surface area contributed by atoms with Gasteiger partial charge in [-0.15, -0.1) is 0 Å². The van der Waals surface area contributed by atoms with E-state index in [-0.39, 0.29) is 18.9 Å². The Hall–Kier alpha value is -1.92. The highest BCUT2D eigenvalue weighted by Crippen LogP contribution is 2.29. The Balaban J connectivity index is 1.52. The van der Waals surface area contributed by atoms with E-state index in [2.05, 4.69) is 9.62 Å². The molecule has 30 heavy (non-hydrogen) atoms. The molecular weight excluding hydrogens is 414 g/mol. The molecule has 1 aromatic carbocycles. The zero-order valence-corrected chi connectivity index (χ0v) is 17.9.